The van der Waals surface area contributed by atoms with E-state index in [1.165, 1.54) is 7.11 Å². The highest BCUT2D eigenvalue weighted by Gasteiger charge is 2.57. The van der Waals surface area contributed by atoms with E-state index in [9.17, 15) is 19.5 Å². The van der Waals surface area contributed by atoms with Gasteiger partial charge < -0.3 is 40.6 Å². The molecular weight excluding hydrogens is 408 g/mol. The molecule has 12 nitrogen and oxygen atoms in total. The number of fused-ring (bicyclic) bond motifs is 1. The van der Waals surface area contributed by atoms with Crippen LogP contribution in [0.5, 0.6) is 0 Å². The van der Waals surface area contributed by atoms with Crippen molar-refractivity contribution in [3.63, 3.8) is 0 Å². The number of carbonyl (C=O) groups excluding carboxylic acids is 3. The van der Waals surface area contributed by atoms with E-state index in [1.54, 1.807) is 0 Å². The second kappa shape index (κ2) is 9.77. The van der Waals surface area contributed by atoms with Crippen LogP contribution in [0, 0.1) is 0 Å². The average Bonchev–Trinajstić information content (AvgIpc) is 3.64. The van der Waals surface area contributed by atoms with Crippen LogP contribution in [0.1, 0.15) is 0 Å². The normalized spacial score (nSPS) is 44.5. The third-order valence-corrected chi connectivity index (χ3v) is 5.57. The van der Waals surface area contributed by atoms with E-state index in [4.69, 9.17) is 4.74 Å². The fourth-order valence-electron chi connectivity index (χ4n) is 3.02. The maximum Gasteiger partial charge on any atom is 0.324 e. The van der Waals surface area contributed by atoms with Crippen LogP contribution in [0.25, 0.3) is 0 Å². The lowest BCUT2D eigenvalue weighted by Crippen LogP contribution is -2.27. The van der Waals surface area contributed by atoms with E-state index in [0.717, 1.165) is 51.8 Å². The standard InChI is InChI=1S/C6H10N2O2.C6H9N2O.C4H7NO2.C3H5NO/c9-6-4-2-8(4)5(10-6)3-1-7-3;9-4-6-3-8(6)2-5-1-7-5;1-7-4(6)3-2-5-3;5-2-3-1-4-3/h3-7,9H,1-2H2;2,4-7H,1,3H2;3,5H,2H2,1H3;2-4H,1H2/q;+1;;/t3-,4?,5+,6+,8?;;;/m0.../s1. The summed E-state index contributed by atoms with van der Waals surface area (Å²) in [5.74, 6) is -0.153. The predicted molar refractivity (Wildman–Crippen MR) is 108 cm³/mol. The quantitative estimate of drug-likeness (QED) is 0.120. The Hall–Kier alpha value is -1.80. The van der Waals surface area contributed by atoms with Crippen LogP contribution < -0.4 is 21.3 Å². The van der Waals surface area contributed by atoms with E-state index in [1.807, 2.05) is 0 Å². The number of aliphatic hydroxyl groups excluding tert-OH is 1. The van der Waals surface area contributed by atoms with Gasteiger partial charge in [0.1, 0.15) is 18.6 Å². The van der Waals surface area contributed by atoms with Crippen molar-refractivity contribution in [2.75, 3.05) is 46.4 Å². The number of aliphatic hydroxyl groups is 1. The van der Waals surface area contributed by atoms with E-state index in [2.05, 4.69) is 41.7 Å². The van der Waals surface area contributed by atoms with Crippen molar-refractivity contribution in [3.8, 4) is 0 Å². The highest BCUT2D eigenvalue weighted by Crippen LogP contribution is 2.36. The van der Waals surface area contributed by atoms with Gasteiger partial charge in [0.15, 0.2) is 18.8 Å². The van der Waals surface area contributed by atoms with Gasteiger partial charge in [-0.1, -0.05) is 0 Å². The third-order valence-electron chi connectivity index (χ3n) is 5.57. The lowest BCUT2D eigenvalue weighted by Gasteiger charge is -2.11. The van der Waals surface area contributed by atoms with Crippen LogP contribution in [0.3, 0.4) is 0 Å². The monoisotopic (exact) mass is 439 g/mol. The molecule has 7 heterocycles. The van der Waals surface area contributed by atoms with Crippen LogP contribution in [-0.4, -0.2) is 134 Å². The summed E-state index contributed by atoms with van der Waals surface area (Å²) < 4.78 is 11.7. The van der Waals surface area contributed by atoms with Gasteiger partial charge in [0.25, 0.3) is 6.04 Å². The van der Waals surface area contributed by atoms with E-state index >= 15 is 0 Å². The van der Waals surface area contributed by atoms with Gasteiger partial charge in [0, 0.05) is 32.7 Å². The fourth-order valence-corrected chi connectivity index (χ4v) is 3.02. The molecule has 0 saturated carbocycles. The van der Waals surface area contributed by atoms with Crippen molar-refractivity contribution in [2.24, 2.45) is 0 Å². The molecular formula is C19H31N6O6+. The van der Waals surface area contributed by atoms with Gasteiger partial charge in [-0.25, -0.2) is 4.58 Å². The number of hydrogen-bond acceptors (Lipinski definition) is 11. The summed E-state index contributed by atoms with van der Waals surface area (Å²) in [4.78, 5) is 32.1. The zero-order valence-corrected chi connectivity index (χ0v) is 17.5. The highest BCUT2D eigenvalue weighted by atomic mass is 16.6. The van der Waals surface area contributed by atoms with E-state index in [-0.39, 0.29) is 30.3 Å². The van der Waals surface area contributed by atoms with Crippen molar-refractivity contribution in [3.05, 3.63) is 0 Å². The molecule has 7 aliphatic rings. The summed E-state index contributed by atoms with van der Waals surface area (Å²) in [6.45, 7) is 5.75. The predicted octanol–water partition coefficient (Wildman–Crippen LogP) is -4.77. The number of nitrogens with one attached hydrogen (secondary N) is 4. The van der Waals surface area contributed by atoms with E-state index in [0.29, 0.717) is 18.1 Å². The molecule has 0 bridgehead atoms. The van der Waals surface area contributed by atoms with Gasteiger partial charge in [-0.05, 0) is 0 Å². The zero-order chi connectivity index (χ0) is 22.0. The SMILES string of the molecule is COC(=O)C1CN1.O=CC1CN1.O=CC1C[N+]1=CC1CN1.O[C@@H]1O[C@H]([C@@H]2CN2)N2CC12. The number of methoxy groups -OCH3 is 1. The van der Waals surface area contributed by atoms with Gasteiger partial charge in [-0.15, -0.1) is 0 Å². The molecule has 0 spiro atoms. The van der Waals surface area contributed by atoms with E-state index < -0.39 is 6.29 Å². The molecule has 0 aromatic carbocycles. The van der Waals surface area contributed by atoms with Crippen LogP contribution in [0.2, 0.25) is 0 Å². The number of carbonyl (C=O) groups is 3. The van der Waals surface area contributed by atoms with Crippen molar-refractivity contribution < 1.29 is 33.5 Å². The first-order valence-corrected chi connectivity index (χ1v) is 10.7. The first kappa shape index (κ1) is 22.4. The Bertz CT molecular complexity index is 706. The smallest absolute Gasteiger partial charge is 0.324 e. The Morgan fingerprint density at radius 2 is 1.77 bits per heavy atom. The lowest BCUT2D eigenvalue weighted by atomic mass is 10.4. The molecule has 6 unspecified atom stereocenters. The number of ether oxygens (including phenoxy) is 2. The van der Waals surface area contributed by atoms with Crippen LogP contribution in [0.15, 0.2) is 0 Å². The summed E-state index contributed by atoms with van der Waals surface area (Å²) in [6, 6.07) is 1.77. The minimum atomic E-state index is -0.521. The Morgan fingerprint density at radius 1 is 1.10 bits per heavy atom. The fraction of sp³-hybridized carbons (Fsp3) is 0.789. The van der Waals surface area contributed by atoms with Crippen molar-refractivity contribution >= 4 is 24.8 Å². The Morgan fingerprint density at radius 3 is 2.06 bits per heavy atom. The molecule has 7 aliphatic heterocycles. The molecule has 31 heavy (non-hydrogen) atoms. The molecule has 9 atom stereocenters. The minimum Gasteiger partial charge on any atom is -0.468 e. The molecule has 0 aromatic heterocycles. The maximum atomic E-state index is 10.3. The first-order chi connectivity index (χ1) is 15.0. The molecule has 7 rings (SSSR count). The lowest BCUT2D eigenvalue weighted by molar-refractivity contribution is -0.346. The molecule has 172 valence electrons. The topological polar surface area (TPSA) is 184 Å². The van der Waals surface area contributed by atoms with Crippen molar-refractivity contribution in [1.82, 2.24) is 26.2 Å². The number of esters is 1. The Labute approximate surface area is 180 Å². The molecule has 0 amide bonds. The summed E-state index contributed by atoms with van der Waals surface area (Å²) in [5, 5.41) is 21.1. The van der Waals surface area contributed by atoms with Crippen molar-refractivity contribution in [2.45, 2.75) is 48.8 Å². The Kier molecular flexibility index (Phi) is 7.06. The number of rotatable bonds is 5. The molecule has 0 aromatic rings. The second-order valence-corrected chi connectivity index (χ2v) is 8.39. The van der Waals surface area contributed by atoms with Gasteiger partial charge in [0.2, 0.25) is 6.54 Å². The minimum absolute atomic E-state index is 0.00463. The summed E-state index contributed by atoms with van der Waals surface area (Å²) in [5.41, 5.74) is 0. The van der Waals surface area contributed by atoms with Crippen molar-refractivity contribution in [1.29, 1.82) is 0 Å². The first-order valence-electron chi connectivity index (χ1n) is 10.7. The third kappa shape index (κ3) is 7.10. The number of aldehydes is 2. The van der Waals surface area contributed by atoms with Gasteiger partial charge in [0.05, 0.1) is 31.3 Å². The zero-order valence-electron chi connectivity index (χ0n) is 17.5. The average molecular weight is 439 g/mol. The van der Waals surface area contributed by atoms with Gasteiger partial charge in [-0.2, -0.15) is 0 Å². The number of nitrogens with zero attached hydrogens (tertiary/aromatic N) is 2. The van der Waals surface area contributed by atoms with Crippen LogP contribution >= 0.6 is 0 Å². The Balaban J connectivity index is 0.000000103. The van der Waals surface area contributed by atoms with Gasteiger partial charge >= 0.3 is 5.97 Å². The van der Waals surface area contributed by atoms with Crippen LogP contribution in [-0.2, 0) is 23.9 Å². The molecule has 5 N–H and O–H groups in total. The second-order valence-electron chi connectivity index (χ2n) is 8.39. The largest absolute Gasteiger partial charge is 0.468 e. The maximum absolute atomic E-state index is 10.3. The molecule has 7 fully saturated rings. The highest BCUT2D eigenvalue weighted by molar-refractivity contribution is 5.78. The summed E-state index contributed by atoms with van der Waals surface area (Å²) in [6.07, 6.45) is 3.66. The summed E-state index contributed by atoms with van der Waals surface area (Å²) >= 11 is 0. The number of hydrogen-bond donors (Lipinski definition) is 5. The molecule has 7 saturated heterocycles. The molecule has 12 heteroatoms. The molecule has 0 radical (unpaired) electrons. The molecule has 0 aliphatic carbocycles. The van der Waals surface area contributed by atoms with Gasteiger partial charge in [-0.3, -0.25) is 14.5 Å². The summed E-state index contributed by atoms with van der Waals surface area (Å²) in [7, 11) is 1.39. The van der Waals surface area contributed by atoms with Crippen LogP contribution in [0.4, 0.5) is 0 Å².